The topological polar surface area (TPSA) is 147 Å². The number of methoxy groups -OCH3 is 1. The summed E-state index contributed by atoms with van der Waals surface area (Å²) in [7, 11) is 1.34. The van der Waals surface area contributed by atoms with Crippen LogP contribution in [0.15, 0.2) is 41.6 Å². The highest BCUT2D eigenvalue weighted by molar-refractivity contribution is 7.98. The number of rotatable bonds is 7. The minimum Gasteiger partial charge on any atom is -0.496 e. The summed E-state index contributed by atoms with van der Waals surface area (Å²) in [5.41, 5.74) is 0.742. The zero-order valence-corrected chi connectivity index (χ0v) is 21.3. The molecule has 2 aromatic carbocycles. The van der Waals surface area contributed by atoms with Crippen LogP contribution in [0.25, 0.3) is 11.3 Å². The number of nitro benzene ring substituents is 1. The highest BCUT2D eigenvalue weighted by Gasteiger charge is 2.39. The van der Waals surface area contributed by atoms with Crippen LogP contribution in [0.1, 0.15) is 38.5 Å². The van der Waals surface area contributed by atoms with E-state index in [0.717, 1.165) is 6.07 Å². The lowest BCUT2D eigenvalue weighted by Gasteiger charge is -2.31. The van der Waals surface area contributed by atoms with Crippen LogP contribution in [0.3, 0.4) is 0 Å². The van der Waals surface area contributed by atoms with E-state index in [2.05, 4.69) is 15.2 Å². The number of hydrogen-bond donors (Lipinski definition) is 0. The lowest BCUT2D eigenvalue weighted by molar-refractivity contribution is -0.385. The summed E-state index contributed by atoms with van der Waals surface area (Å²) >= 11 is 1.24. The largest absolute Gasteiger partial charge is 0.496 e. The Morgan fingerprint density at radius 1 is 1.19 bits per heavy atom. The highest BCUT2D eigenvalue weighted by atomic mass is 32.2. The van der Waals surface area contributed by atoms with Gasteiger partial charge >= 0.3 is 11.7 Å². The molecule has 0 spiro atoms. The van der Waals surface area contributed by atoms with Gasteiger partial charge in [0.05, 0.1) is 29.4 Å². The van der Waals surface area contributed by atoms with Crippen LogP contribution < -0.4 is 19.1 Å². The van der Waals surface area contributed by atoms with Crippen molar-refractivity contribution in [2.24, 2.45) is 0 Å². The highest BCUT2D eigenvalue weighted by Crippen LogP contribution is 2.47. The summed E-state index contributed by atoms with van der Waals surface area (Å²) in [5, 5.41) is 20.7. The van der Waals surface area contributed by atoms with E-state index in [1.165, 1.54) is 29.8 Å². The Bertz CT molecular complexity index is 1380. The molecule has 0 fully saturated rings. The van der Waals surface area contributed by atoms with Gasteiger partial charge in [-0.3, -0.25) is 24.6 Å². The number of amides is 1. The van der Waals surface area contributed by atoms with Crippen LogP contribution >= 0.6 is 11.8 Å². The van der Waals surface area contributed by atoms with E-state index in [9.17, 15) is 19.7 Å². The number of nitrogens with zero attached hydrogens (tertiary/aromatic N) is 5. The first-order valence-electron chi connectivity index (χ1n) is 11.3. The Morgan fingerprint density at radius 3 is 2.59 bits per heavy atom. The smallest absolute Gasteiger partial charge is 0.315 e. The van der Waals surface area contributed by atoms with E-state index in [4.69, 9.17) is 14.2 Å². The zero-order valence-electron chi connectivity index (χ0n) is 20.5. The van der Waals surface area contributed by atoms with Crippen molar-refractivity contribution in [1.82, 2.24) is 15.2 Å². The lowest BCUT2D eigenvalue weighted by atomic mass is 10.1. The van der Waals surface area contributed by atoms with Crippen LogP contribution in [-0.2, 0) is 9.59 Å². The SMILES string of the molecule is CCC(=O)Oc1c(C2Oc3nc(SC)nnc3-c3ccccc3N2C(=O)CC)cc(OC)cc1[N+](=O)[O-]. The van der Waals surface area contributed by atoms with Crippen molar-refractivity contribution in [2.45, 2.75) is 38.1 Å². The molecule has 0 aliphatic carbocycles. The Morgan fingerprint density at radius 2 is 1.95 bits per heavy atom. The molecule has 1 atom stereocenters. The van der Waals surface area contributed by atoms with Gasteiger partial charge in [-0.1, -0.05) is 43.8 Å². The molecule has 0 saturated heterocycles. The zero-order chi connectivity index (χ0) is 26.7. The van der Waals surface area contributed by atoms with Gasteiger partial charge in [0.1, 0.15) is 5.75 Å². The van der Waals surface area contributed by atoms with Gasteiger partial charge in [0.25, 0.3) is 0 Å². The second-order valence-corrected chi connectivity index (χ2v) is 8.48. The Labute approximate surface area is 216 Å². The maximum Gasteiger partial charge on any atom is 0.315 e. The third-order valence-corrected chi connectivity index (χ3v) is 6.08. The maximum absolute atomic E-state index is 13.4. The van der Waals surface area contributed by atoms with E-state index in [1.54, 1.807) is 44.4 Å². The number of benzene rings is 2. The number of anilines is 1. The Hall–Kier alpha value is -4.26. The van der Waals surface area contributed by atoms with Gasteiger partial charge in [-0.15, -0.1) is 10.2 Å². The summed E-state index contributed by atoms with van der Waals surface area (Å²) in [5.74, 6) is -1.26. The summed E-state index contributed by atoms with van der Waals surface area (Å²) in [6, 6.07) is 9.53. The van der Waals surface area contributed by atoms with Gasteiger partial charge in [-0.2, -0.15) is 4.98 Å². The molecular weight excluding hydrogens is 502 g/mol. The minimum atomic E-state index is -1.32. The van der Waals surface area contributed by atoms with E-state index >= 15 is 0 Å². The number of carbonyl (C=O) groups excluding carboxylic acids is 2. The molecule has 0 N–H and O–H groups in total. The number of nitro groups is 1. The number of para-hydroxylation sites is 1. The molecule has 1 unspecified atom stereocenters. The first kappa shape index (κ1) is 25.8. The number of esters is 1. The van der Waals surface area contributed by atoms with Crippen LogP contribution in [0.4, 0.5) is 11.4 Å². The quantitative estimate of drug-likeness (QED) is 0.143. The molecule has 0 radical (unpaired) electrons. The van der Waals surface area contributed by atoms with Gasteiger partial charge in [0, 0.05) is 18.4 Å². The molecule has 192 valence electrons. The molecule has 0 saturated carbocycles. The average molecular weight is 526 g/mol. The van der Waals surface area contributed by atoms with Crippen LogP contribution in [0, 0.1) is 10.1 Å². The fourth-order valence-electron chi connectivity index (χ4n) is 3.78. The van der Waals surface area contributed by atoms with Crippen molar-refractivity contribution in [3.05, 3.63) is 52.1 Å². The number of aromatic nitrogens is 3. The van der Waals surface area contributed by atoms with Gasteiger partial charge < -0.3 is 14.2 Å². The molecule has 1 aliphatic rings. The summed E-state index contributed by atoms with van der Waals surface area (Å²) < 4.78 is 17.1. The molecule has 2 heterocycles. The van der Waals surface area contributed by atoms with Crippen molar-refractivity contribution >= 4 is 35.0 Å². The molecule has 12 nitrogen and oxygen atoms in total. The van der Waals surface area contributed by atoms with Crippen molar-refractivity contribution in [3.63, 3.8) is 0 Å². The van der Waals surface area contributed by atoms with Crippen molar-refractivity contribution in [2.75, 3.05) is 18.3 Å². The molecule has 13 heteroatoms. The molecule has 1 aromatic heterocycles. The van der Waals surface area contributed by atoms with Crippen LogP contribution in [0.2, 0.25) is 0 Å². The van der Waals surface area contributed by atoms with E-state index in [0.29, 0.717) is 16.4 Å². The third-order valence-electron chi connectivity index (χ3n) is 5.54. The Balaban J connectivity index is 2.07. The van der Waals surface area contributed by atoms with Crippen molar-refractivity contribution in [3.8, 4) is 28.6 Å². The first-order valence-corrected chi connectivity index (χ1v) is 12.5. The summed E-state index contributed by atoms with van der Waals surface area (Å²) in [6.45, 7) is 3.24. The lowest BCUT2D eigenvalue weighted by Crippen LogP contribution is -2.37. The van der Waals surface area contributed by atoms with E-state index in [-0.39, 0.29) is 47.4 Å². The van der Waals surface area contributed by atoms with Gasteiger partial charge in [-0.05, 0) is 18.4 Å². The number of carbonyl (C=O) groups is 2. The summed E-state index contributed by atoms with van der Waals surface area (Å²) in [6.07, 6.45) is 0.489. The molecule has 0 bridgehead atoms. The van der Waals surface area contributed by atoms with E-state index in [1.807, 2.05) is 0 Å². The number of fused-ring (bicyclic) bond motifs is 3. The first-order chi connectivity index (χ1) is 17.8. The van der Waals surface area contributed by atoms with Gasteiger partial charge in [0.2, 0.25) is 28.9 Å². The standard InChI is InChI=1S/C24H23N5O7S/c1-5-18(30)28-16-10-8-7-9-14(16)20-22(25-24(37-4)27-26-20)36-23(28)15-11-13(34-3)12-17(29(32)33)21(15)35-19(31)6-2/h7-12,23H,5-6H2,1-4H3. The second-order valence-electron chi connectivity index (χ2n) is 7.71. The van der Waals surface area contributed by atoms with Crippen LogP contribution in [-0.4, -0.2) is 45.3 Å². The van der Waals surface area contributed by atoms with Crippen molar-refractivity contribution in [1.29, 1.82) is 0 Å². The second kappa shape index (κ2) is 10.8. The molecular formula is C24H23N5O7S. The van der Waals surface area contributed by atoms with Gasteiger partial charge in [-0.25, -0.2) is 0 Å². The number of hydrogen-bond acceptors (Lipinski definition) is 11. The molecule has 37 heavy (non-hydrogen) atoms. The minimum absolute atomic E-state index is 0.0293. The summed E-state index contributed by atoms with van der Waals surface area (Å²) in [4.78, 5) is 42.9. The predicted octanol–water partition coefficient (Wildman–Crippen LogP) is 4.33. The number of thioether (sulfide) groups is 1. The maximum atomic E-state index is 13.4. The number of ether oxygens (including phenoxy) is 3. The fourth-order valence-corrected chi connectivity index (χ4v) is 4.08. The average Bonchev–Trinajstić information content (AvgIpc) is 3.06. The Kier molecular flexibility index (Phi) is 7.53. The normalized spacial score (nSPS) is 14.1. The van der Waals surface area contributed by atoms with Crippen molar-refractivity contribution < 1.29 is 28.7 Å². The fraction of sp³-hybridized carbons (Fsp3) is 0.292. The van der Waals surface area contributed by atoms with Gasteiger partial charge in [0.15, 0.2) is 5.69 Å². The predicted molar refractivity (Wildman–Crippen MR) is 134 cm³/mol. The molecule has 1 amide bonds. The monoisotopic (exact) mass is 525 g/mol. The van der Waals surface area contributed by atoms with E-state index < -0.39 is 22.8 Å². The molecule has 3 aromatic rings. The van der Waals surface area contributed by atoms with Crippen LogP contribution in [0.5, 0.6) is 17.4 Å². The molecule has 4 rings (SSSR count). The third kappa shape index (κ3) is 4.89. The molecule has 1 aliphatic heterocycles.